The number of sulfonamides is 1. The molecule has 168 valence electrons. The molecule has 3 rings (SSSR count). The predicted molar refractivity (Wildman–Crippen MR) is 120 cm³/mol. The van der Waals surface area contributed by atoms with Gasteiger partial charge in [0, 0.05) is 45.5 Å². The number of amides is 1. The van der Waals surface area contributed by atoms with Gasteiger partial charge in [0.05, 0.1) is 16.5 Å². The zero-order chi connectivity index (χ0) is 22.4. The molecule has 1 aromatic heterocycles. The summed E-state index contributed by atoms with van der Waals surface area (Å²) in [6, 6.07) is 9.81. The first-order valence-electron chi connectivity index (χ1n) is 10.2. The van der Waals surface area contributed by atoms with Gasteiger partial charge in [-0.2, -0.15) is 4.31 Å². The van der Waals surface area contributed by atoms with Gasteiger partial charge in [-0.15, -0.1) is 0 Å². The number of benzene rings is 1. The number of aromatic nitrogens is 1. The lowest BCUT2D eigenvalue weighted by molar-refractivity contribution is -0.128. The number of pyridine rings is 1. The molecule has 0 aliphatic carbocycles. The highest BCUT2D eigenvalue weighted by molar-refractivity contribution is 7.99. The highest BCUT2D eigenvalue weighted by Crippen LogP contribution is 2.22. The molecule has 2 aromatic rings. The summed E-state index contributed by atoms with van der Waals surface area (Å²) < 4.78 is 40.4. The van der Waals surface area contributed by atoms with Crippen molar-refractivity contribution in [2.45, 2.75) is 23.8 Å². The third kappa shape index (κ3) is 5.55. The number of carbonyl (C=O) groups is 1. The number of piperazine rings is 1. The van der Waals surface area contributed by atoms with E-state index in [0.717, 1.165) is 0 Å². The average Bonchev–Trinajstić information content (AvgIpc) is 2.79. The molecule has 0 bridgehead atoms. The first-order chi connectivity index (χ1) is 14.9. The molecule has 10 heteroatoms. The summed E-state index contributed by atoms with van der Waals surface area (Å²) in [5.74, 6) is -0.0512. The van der Waals surface area contributed by atoms with Gasteiger partial charge in [0.25, 0.3) is 0 Å². The fourth-order valence-electron chi connectivity index (χ4n) is 3.45. The minimum atomic E-state index is -3.54. The van der Waals surface area contributed by atoms with Crippen LogP contribution in [0.4, 0.5) is 10.1 Å². The normalized spacial score (nSPS) is 14.8. The van der Waals surface area contributed by atoms with Crippen LogP contribution < -0.4 is 4.90 Å². The van der Waals surface area contributed by atoms with Crippen LogP contribution in [0.2, 0.25) is 0 Å². The van der Waals surface area contributed by atoms with Gasteiger partial charge in [0.2, 0.25) is 15.9 Å². The Morgan fingerprint density at radius 1 is 1.10 bits per heavy atom. The minimum absolute atomic E-state index is 0.0141. The van der Waals surface area contributed by atoms with Crippen molar-refractivity contribution in [3.8, 4) is 0 Å². The summed E-state index contributed by atoms with van der Waals surface area (Å²) in [5, 5.41) is 0.594. The zero-order valence-corrected chi connectivity index (χ0v) is 19.3. The first kappa shape index (κ1) is 23.5. The van der Waals surface area contributed by atoms with Gasteiger partial charge >= 0.3 is 0 Å². The van der Waals surface area contributed by atoms with Gasteiger partial charge in [0.15, 0.2) is 0 Å². The number of para-hydroxylation sites is 1. The van der Waals surface area contributed by atoms with E-state index in [2.05, 4.69) is 4.98 Å². The maximum atomic E-state index is 14.0. The number of hydrogen-bond donors (Lipinski definition) is 0. The van der Waals surface area contributed by atoms with Crippen LogP contribution >= 0.6 is 11.8 Å². The molecule has 1 aliphatic rings. The Labute approximate surface area is 187 Å². The second-order valence-electron chi connectivity index (χ2n) is 7.03. The monoisotopic (exact) mass is 466 g/mol. The van der Waals surface area contributed by atoms with Crippen LogP contribution in [0, 0.1) is 5.82 Å². The van der Waals surface area contributed by atoms with E-state index in [0.29, 0.717) is 50.0 Å². The fourth-order valence-corrected chi connectivity index (χ4v) is 5.60. The molecule has 0 N–H and O–H groups in total. The van der Waals surface area contributed by atoms with Crippen LogP contribution in [-0.4, -0.2) is 73.5 Å². The summed E-state index contributed by atoms with van der Waals surface area (Å²) in [6.45, 7) is 6.59. The largest absolute Gasteiger partial charge is 0.366 e. The number of halogens is 1. The van der Waals surface area contributed by atoms with E-state index in [9.17, 15) is 17.6 Å². The second-order valence-corrected chi connectivity index (χ2v) is 9.96. The van der Waals surface area contributed by atoms with Gasteiger partial charge in [-0.1, -0.05) is 37.7 Å². The number of nitrogens with zero attached hydrogens (tertiary/aromatic N) is 4. The molecule has 1 saturated heterocycles. The predicted octanol–water partition coefficient (Wildman–Crippen LogP) is 2.69. The Balaban J connectivity index is 1.52. The highest BCUT2D eigenvalue weighted by Gasteiger charge is 2.24. The maximum Gasteiger partial charge on any atom is 0.244 e. The van der Waals surface area contributed by atoms with Crippen LogP contribution in [0.5, 0.6) is 0 Å². The molecule has 0 unspecified atom stereocenters. The molecular formula is C21H27FN4O3S2. The third-order valence-corrected chi connectivity index (χ3v) is 8.18. The standard InChI is InChI=1S/C21H27FN4O3S2/c1-3-26(4-2)31(28,29)17-9-10-20(23-15-17)30-16-21(27)25-13-11-24(12-14-25)19-8-6-5-7-18(19)22/h5-10,15H,3-4,11-14,16H2,1-2H3. The summed E-state index contributed by atoms with van der Waals surface area (Å²) >= 11 is 1.28. The van der Waals surface area contributed by atoms with E-state index in [4.69, 9.17) is 0 Å². The highest BCUT2D eigenvalue weighted by atomic mass is 32.2. The van der Waals surface area contributed by atoms with Crippen molar-refractivity contribution in [3.05, 3.63) is 48.4 Å². The van der Waals surface area contributed by atoms with E-state index in [1.54, 1.807) is 43.0 Å². The number of carbonyl (C=O) groups excluding carboxylic acids is 1. The van der Waals surface area contributed by atoms with E-state index in [1.807, 2.05) is 4.90 Å². The average molecular weight is 467 g/mol. The summed E-state index contributed by atoms with van der Waals surface area (Å²) in [5.41, 5.74) is 0.563. The molecular weight excluding hydrogens is 439 g/mol. The Hall–Kier alpha value is -2.17. The Morgan fingerprint density at radius 2 is 1.77 bits per heavy atom. The number of anilines is 1. The molecule has 0 atom stereocenters. The lowest BCUT2D eigenvalue weighted by Gasteiger charge is -2.36. The van der Waals surface area contributed by atoms with Gasteiger partial charge < -0.3 is 9.80 Å². The Morgan fingerprint density at radius 3 is 2.35 bits per heavy atom. The topological polar surface area (TPSA) is 73.8 Å². The second kappa shape index (κ2) is 10.4. The lowest BCUT2D eigenvalue weighted by atomic mass is 10.2. The van der Waals surface area contributed by atoms with Crippen LogP contribution in [0.15, 0.2) is 52.5 Å². The van der Waals surface area contributed by atoms with Crippen molar-refractivity contribution < 1.29 is 17.6 Å². The van der Waals surface area contributed by atoms with Crippen molar-refractivity contribution in [2.75, 3.05) is 49.9 Å². The van der Waals surface area contributed by atoms with Gasteiger partial charge in [-0.25, -0.2) is 17.8 Å². The molecule has 7 nitrogen and oxygen atoms in total. The number of hydrogen-bond acceptors (Lipinski definition) is 6. The molecule has 1 aliphatic heterocycles. The van der Waals surface area contributed by atoms with Gasteiger partial charge in [0.1, 0.15) is 10.7 Å². The molecule has 31 heavy (non-hydrogen) atoms. The van der Waals surface area contributed by atoms with E-state index < -0.39 is 10.0 Å². The zero-order valence-electron chi connectivity index (χ0n) is 17.7. The molecule has 1 fully saturated rings. The van der Waals surface area contributed by atoms with Gasteiger partial charge in [-0.3, -0.25) is 4.79 Å². The van der Waals surface area contributed by atoms with Crippen LogP contribution in [-0.2, 0) is 14.8 Å². The SMILES string of the molecule is CCN(CC)S(=O)(=O)c1ccc(SCC(=O)N2CCN(c3ccccc3F)CC2)nc1. The lowest BCUT2D eigenvalue weighted by Crippen LogP contribution is -2.49. The molecule has 0 spiro atoms. The van der Waals surface area contributed by atoms with Crippen molar-refractivity contribution in [3.63, 3.8) is 0 Å². The number of thioether (sulfide) groups is 1. The summed E-state index contributed by atoms with van der Waals surface area (Å²) in [6.07, 6.45) is 1.34. The van der Waals surface area contributed by atoms with Crippen molar-refractivity contribution in [1.82, 2.24) is 14.2 Å². The van der Waals surface area contributed by atoms with E-state index >= 15 is 0 Å². The third-order valence-electron chi connectivity index (χ3n) is 5.22. The molecule has 1 aromatic carbocycles. The van der Waals surface area contributed by atoms with Crippen LogP contribution in [0.1, 0.15) is 13.8 Å². The van der Waals surface area contributed by atoms with Crippen molar-refractivity contribution in [1.29, 1.82) is 0 Å². The molecule has 1 amide bonds. The van der Waals surface area contributed by atoms with Crippen molar-refractivity contribution >= 4 is 33.4 Å². The van der Waals surface area contributed by atoms with Crippen molar-refractivity contribution in [2.24, 2.45) is 0 Å². The number of rotatable bonds is 8. The van der Waals surface area contributed by atoms with Crippen LogP contribution in [0.3, 0.4) is 0 Å². The summed E-state index contributed by atoms with van der Waals surface area (Å²) in [7, 11) is -3.54. The minimum Gasteiger partial charge on any atom is -0.366 e. The Bertz CT molecular complexity index is 990. The fraction of sp³-hybridized carbons (Fsp3) is 0.429. The molecule has 2 heterocycles. The molecule has 0 radical (unpaired) electrons. The smallest absolute Gasteiger partial charge is 0.244 e. The van der Waals surface area contributed by atoms with E-state index in [-0.39, 0.29) is 22.4 Å². The Kier molecular flexibility index (Phi) is 7.90. The maximum absolute atomic E-state index is 14.0. The van der Waals surface area contributed by atoms with Crippen LogP contribution in [0.25, 0.3) is 0 Å². The molecule has 0 saturated carbocycles. The quantitative estimate of drug-likeness (QED) is 0.557. The summed E-state index contributed by atoms with van der Waals surface area (Å²) in [4.78, 5) is 20.6. The van der Waals surface area contributed by atoms with E-state index in [1.165, 1.54) is 34.4 Å². The van der Waals surface area contributed by atoms with Gasteiger partial charge in [-0.05, 0) is 24.3 Å². The first-order valence-corrected chi connectivity index (χ1v) is 12.7.